The van der Waals surface area contributed by atoms with Crippen molar-refractivity contribution in [3.05, 3.63) is 48.5 Å². The largest absolute Gasteiger partial charge is 0.399 e. The van der Waals surface area contributed by atoms with E-state index in [2.05, 4.69) is 5.04 Å². The van der Waals surface area contributed by atoms with Gasteiger partial charge in [0.2, 0.25) is 0 Å². The van der Waals surface area contributed by atoms with Crippen molar-refractivity contribution in [3.63, 3.8) is 0 Å². The van der Waals surface area contributed by atoms with Crippen LogP contribution in [0, 0.1) is 0 Å². The third kappa shape index (κ3) is 3.29. The highest BCUT2D eigenvalue weighted by Gasteiger charge is 1.98. The van der Waals surface area contributed by atoms with Crippen LogP contribution >= 0.6 is 0 Å². The molecule has 2 aromatic rings. The molecule has 4 N–H and O–H groups in total. The smallest absolute Gasteiger partial charge is 0.171 e. The van der Waals surface area contributed by atoms with Crippen LogP contribution in [0.2, 0.25) is 0 Å². The topological polar surface area (TPSA) is 79.7 Å². The van der Waals surface area contributed by atoms with Gasteiger partial charge in [0.25, 0.3) is 0 Å². The number of hydrogen-bond acceptors (Lipinski definition) is 5. The van der Waals surface area contributed by atoms with E-state index >= 15 is 0 Å². The highest BCUT2D eigenvalue weighted by Crippen LogP contribution is 2.17. The molecule has 0 atom stereocenters. The first-order chi connectivity index (χ1) is 8.24. The maximum absolute atomic E-state index is 5.57. The summed E-state index contributed by atoms with van der Waals surface area (Å²) in [6, 6.07) is 13.6. The molecule has 0 unspecified atom stereocenters. The first-order valence-corrected chi connectivity index (χ1v) is 4.96. The summed E-state index contributed by atoms with van der Waals surface area (Å²) in [5.41, 5.74) is 12.3. The van der Waals surface area contributed by atoms with Gasteiger partial charge in [-0.15, -0.1) is 0 Å². The standard InChI is InChI=1S/C12H12N2O3/c13-9-3-1-5-11(7-9)15-17-16-12-6-2-4-10(14)8-12/h1-8H,13-14H2. The van der Waals surface area contributed by atoms with Crippen molar-refractivity contribution in [2.75, 3.05) is 11.5 Å². The average Bonchev–Trinajstić information content (AvgIpc) is 2.29. The van der Waals surface area contributed by atoms with Crippen molar-refractivity contribution in [2.45, 2.75) is 0 Å². The van der Waals surface area contributed by atoms with Gasteiger partial charge in [0.05, 0.1) is 0 Å². The summed E-state index contributed by atoms with van der Waals surface area (Å²) in [7, 11) is 0. The van der Waals surface area contributed by atoms with E-state index in [4.69, 9.17) is 21.2 Å². The normalized spacial score (nSPS) is 9.88. The first kappa shape index (κ1) is 11.1. The van der Waals surface area contributed by atoms with Gasteiger partial charge in [-0.25, -0.2) is 0 Å². The van der Waals surface area contributed by atoms with Gasteiger partial charge in [0.15, 0.2) is 11.5 Å². The van der Waals surface area contributed by atoms with E-state index in [0.29, 0.717) is 22.9 Å². The molecule has 0 amide bonds. The van der Waals surface area contributed by atoms with Crippen molar-refractivity contribution < 1.29 is 14.8 Å². The molecule has 88 valence electrons. The Labute approximate surface area is 98.4 Å². The second-order valence-electron chi connectivity index (χ2n) is 3.38. The quantitative estimate of drug-likeness (QED) is 0.479. The molecule has 2 aromatic carbocycles. The molecule has 0 spiro atoms. The molecule has 2 rings (SSSR count). The van der Waals surface area contributed by atoms with E-state index in [-0.39, 0.29) is 0 Å². The summed E-state index contributed by atoms with van der Waals surface area (Å²) in [5.74, 6) is 0.905. The lowest BCUT2D eigenvalue weighted by Gasteiger charge is -2.05. The van der Waals surface area contributed by atoms with Crippen LogP contribution in [0.3, 0.4) is 0 Å². The van der Waals surface area contributed by atoms with Crippen molar-refractivity contribution in [3.8, 4) is 11.5 Å². The first-order valence-electron chi connectivity index (χ1n) is 4.96. The minimum absolute atomic E-state index is 0.453. The Morgan fingerprint density at radius 1 is 0.706 bits per heavy atom. The molecule has 0 radical (unpaired) electrons. The molecular formula is C12H12N2O3. The van der Waals surface area contributed by atoms with E-state index in [1.165, 1.54) is 0 Å². The van der Waals surface area contributed by atoms with Crippen LogP contribution < -0.4 is 21.2 Å². The minimum atomic E-state index is 0.453. The highest BCUT2D eigenvalue weighted by molar-refractivity contribution is 5.44. The van der Waals surface area contributed by atoms with Gasteiger partial charge >= 0.3 is 0 Å². The Kier molecular flexibility index (Phi) is 3.32. The summed E-state index contributed by atoms with van der Waals surface area (Å²) < 4.78 is 0. The Morgan fingerprint density at radius 3 is 1.59 bits per heavy atom. The molecule has 17 heavy (non-hydrogen) atoms. The molecule has 0 bridgehead atoms. The molecule has 5 nitrogen and oxygen atoms in total. The number of anilines is 2. The molecule has 0 saturated heterocycles. The fourth-order valence-electron chi connectivity index (χ4n) is 1.23. The van der Waals surface area contributed by atoms with Crippen LogP contribution in [-0.2, 0) is 5.04 Å². The predicted octanol–water partition coefficient (Wildman–Crippen LogP) is 2.16. The van der Waals surface area contributed by atoms with Crippen molar-refractivity contribution >= 4 is 11.4 Å². The third-order valence-electron chi connectivity index (χ3n) is 1.98. The molecule has 0 aliphatic carbocycles. The monoisotopic (exact) mass is 232 g/mol. The molecule has 0 saturated carbocycles. The highest BCUT2D eigenvalue weighted by atomic mass is 17.5. The number of nitrogens with two attached hydrogens (primary N) is 2. The molecule has 0 aromatic heterocycles. The van der Waals surface area contributed by atoms with E-state index in [1.54, 1.807) is 48.5 Å². The van der Waals surface area contributed by atoms with Crippen molar-refractivity contribution in [1.82, 2.24) is 0 Å². The summed E-state index contributed by atoms with van der Waals surface area (Å²) in [4.78, 5) is 9.78. The molecule has 0 aliphatic heterocycles. The van der Waals surface area contributed by atoms with E-state index in [0.717, 1.165) is 0 Å². The molecule has 0 heterocycles. The molecule has 5 heteroatoms. The fourth-order valence-corrected chi connectivity index (χ4v) is 1.23. The second kappa shape index (κ2) is 5.09. The minimum Gasteiger partial charge on any atom is -0.399 e. The molecule has 0 fully saturated rings. The number of rotatable bonds is 4. The maximum Gasteiger partial charge on any atom is 0.171 e. The number of benzene rings is 2. The Hall–Kier alpha value is -2.40. The summed E-state index contributed by atoms with van der Waals surface area (Å²) >= 11 is 0. The average molecular weight is 232 g/mol. The summed E-state index contributed by atoms with van der Waals surface area (Å²) in [6.45, 7) is 0. The Balaban J connectivity index is 1.87. The maximum atomic E-state index is 5.57. The SMILES string of the molecule is Nc1cccc(OOOc2cccc(N)c2)c1. The lowest BCUT2D eigenvalue weighted by Crippen LogP contribution is -2.02. The zero-order valence-corrected chi connectivity index (χ0v) is 9.00. The van der Waals surface area contributed by atoms with Crippen LogP contribution in [0.5, 0.6) is 11.5 Å². The van der Waals surface area contributed by atoms with E-state index in [1.807, 2.05) is 0 Å². The Bertz CT molecular complexity index is 457. The van der Waals surface area contributed by atoms with Crippen LogP contribution in [0.25, 0.3) is 0 Å². The zero-order chi connectivity index (χ0) is 12.1. The van der Waals surface area contributed by atoms with Gasteiger partial charge in [-0.1, -0.05) is 12.1 Å². The molecule has 0 aliphatic rings. The van der Waals surface area contributed by atoms with Gasteiger partial charge in [-0.05, 0) is 24.3 Å². The lowest BCUT2D eigenvalue weighted by molar-refractivity contribution is -0.411. The van der Waals surface area contributed by atoms with Crippen LogP contribution in [0.15, 0.2) is 48.5 Å². The third-order valence-corrected chi connectivity index (χ3v) is 1.98. The number of nitrogen functional groups attached to an aromatic ring is 2. The van der Waals surface area contributed by atoms with Crippen molar-refractivity contribution in [2.24, 2.45) is 0 Å². The van der Waals surface area contributed by atoms with Gasteiger partial charge in [0.1, 0.15) is 0 Å². The van der Waals surface area contributed by atoms with Gasteiger partial charge < -0.3 is 11.5 Å². The van der Waals surface area contributed by atoms with E-state index in [9.17, 15) is 0 Å². The van der Waals surface area contributed by atoms with Crippen LogP contribution in [0.1, 0.15) is 0 Å². The van der Waals surface area contributed by atoms with Gasteiger partial charge in [0, 0.05) is 28.5 Å². The van der Waals surface area contributed by atoms with Crippen LogP contribution in [-0.4, -0.2) is 0 Å². The fraction of sp³-hybridized carbons (Fsp3) is 0. The lowest BCUT2D eigenvalue weighted by atomic mass is 10.3. The second-order valence-corrected chi connectivity index (χ2v) is 3.38. The summed E-state index contributed by atoms with van der Waals surface area (Å²) in [5, 5.41) is 4.60. The number of hydrogen-bond donors (Lipinski definition) is 2. The van der Waals surface area contributed by atoms with Gasteiger partial charge in [-0.3, -0.25) is 9.78 Å². The van der Waals surface area contributed by atoms with Crippen LogP contribution in [0.4, 0.5) is 11.4 Å². The molecular weight excluding hydrogens is 220 g/mol. The van der Waals surface area contributed by atoms with E-state index < -0.39 is 0 Å². The van der Waals surface area contributed by atoms with Crippen molar-refractivity contribution in [1.29, 1.82) is 0 Å². The van der Waals surface area contributed by atoms with Gasteiger partial charge in [-0.2, -0.15) is 0 Å². The summed E-state index contributed by atoms with van der Waals surface area (Å²) in [6.07, 6.45) is 0. The predicted molar refractivity (Wildman–Crippen MR) is 64.0 cm³/mol. The zero-order valence-electron chi connectivity index (χ0n) is 9.00. The Morgan fingerprint density at radius 2 is 1.18 bits per heavy atom.